The van der Waals surface area contributed by atoms with Gasteiger partial charge in [-0.25, -0.2) is 4.98 Å². The van der Waals surface area contributed by atoms with E-state index >= 15 is 0 Å². The summed E-state index contributed by atoms with van der Waals surface area (Å²) >= 11 is 0. The van der Waals surface area contributed by atoms with Crippen molar-refractivity contribution in [3.05, 3.63) is 54.6 Å². The molecule has 0 aliphatic carbocycles. The molecule has 4 rings (SSSR count). The first-order chi connectivity index (χ1) is 12.8. The van der Waals surface area contributed by atoms with Crippen molar-refractivity contribution in [3.8, 4) is 17.0 Å². The van der Waals surface area contributed by atoms with Crippen LogP contribution in [-0.2, 0) is 0 Å². The van der Waals surface area contributed by atoms with Crippen LogP contribution in [0.3, 0.4) is 0 Å². The minimum Gasteiger partial charge on any atom is -0.492 e. The van der Waals surface area contributed by atoms with E-state index in [2.05, 4.69) is 46.3 Å². The molecule has 1 aliphatic rings. The lowest BCUT2D eigenvalue weighted by atomic mass is 10.0. The van der Waals surface area contributed by atoms with Crippen LogP contribution in [0.15, 0.2) is 54.6 Å². The van der Waals surface area contributed by atoms with Gasteiger partial charge in [-0.05, 0) is 55.6 Å². The number of hydrogen-bond donors (Lipinski definition) is 1. The first kappa shape index (κ1) is 16.9. The van der Waals surface area contributed by atoms with Gasteiger partial charge in [0.1, 0.15) is 18.2 Å². The highest BCUT2D eigenvalue weighted by molar-refractivity contribution is 5.99. The molecule has 1 saturated heterocycles. The summed E-state index contributed by atoms with van der Waals surface area (Å²) in [5.41, 5.74) is 7.84. The number of likely N-dealkylation sites (tertiary alicyclic amines) is 1. The SMILES string of the molecule is Nc1cccc(-c2ccc(OCCN3CCCCC3)c3ccccc23)n1. The monoisotopic (exact) mass is 347 g/mol. The van der Waals surface area contributed by atoms with Gasteiger partial charge in [-0.3, -0.25) is 4.90 Å². The minimum atomic E-state index is 0.536. The summed E-state index contributed by atoms with van der Waals surface area (Å²) in [4.78, 5) is 6.97. The number of anilines is 1. The molecule has 0 spiro atoms. The Kier molecular flexibility index (Phi) is 5.02. The standard InChI is InChI=1S/C22H25N3O/c23-22-10-6-9-20(24-22)18-11-12-21(19-8-3-2-7-17(18)19)26-16-15-25-13-4-1-5-14-25/h2-3,6-12H,1,4-5,13-16H2,(H2,23,24). The largest absolute Gasteiger partial charge is 0.492 e. The Hall–Kier alpha value is -2.59. The van der Waals surface area contributed by atoms with Crippen LogP contribution in [0, 0.1) is 0 Å². The molecule has 4 heteroatoms. The zero-order valence-corrected chi connectivity index (χ0v) is 15.0. The van der Waals surface area contributed by atoms with Crippen molar-refractivity contribution in [2.75, 3.05) is 32.0 Å². The number of aromatic nitrogens is 1. The molecule has 1 aliphatic heterocycles. The quantitative estimate of drug-likeness (QED) is 0.745. The summed E-state index contributed by atoms with van der Waals surface area (Å²) in [5, 5.41) is 2.26. The molecule has 3 aromatic rings. The predicted octanol–water partition coefficient (Wildman–Crippen LogP) is 4.35. The summed E-state index contributed by atoms with van der Waals surface area (Å²) in [6.45, 7) is 4.11. The fourth-order valence-electron chi connectivity index (χ4n) is 3.69. The third-order valence-corrected chi connectivity index (χ3v) is 5.04. The number of nitrogens with two attached hydrogens (primary N) is 1. The predicted molar refractivity (Wildman–Crippen MR) is 107 cm³/mol. The van der Waals surface area contributed by atoms with Gasteiger partial charge in [-0.2, -0.15) is 0 Å². The van der Waals surface area contributed by atoms with Gasteiger partial charge >= 0.3 is 0 Å². The zero-order chi connectivity index (χ0) is 17.8. The van der Waals surface area contributed by atoms with Crippen LogP contribution < -0.4 is 10.5 Å². The van der Waals surface area contributed by atoms with E-state index in [-0.39, 0.29) is 0 Å². The van der Waals surface area contributed by atoms with Crippen LogP contribution >= 0.6 is 0 Å². The fourth-order valence-corrected chi connectivity index (χ4v) is 3.69. The molecule has 0 unspecified atom stereocenters. The molecule has 2 heterocycles. The third kappa shape index (κ3) is 3.65. The molecular formula is C22H25N3O. The number of rotatable bonds is 5. The zero-order valence-electron chi connectivity index (χ0n) is 15.0. The van der Waals surface area contributed by atoms with Gasteiger partial charge in [-0.1, -0.05) is 36.8 Å². The van der Waals surface area contributed by atoms with Gasteiger partial charge in [0.2, 0.25) is 0 Å². The molecule has 26 heavy (non-hydrogen) atoms. The van der Waals surface area contributed by atoms with E-state index in [1.807, 2.05) is 18.2 Å². The summed E-state index contributed by atoms with van der Waals surface area (Å²) < 4.78 is 6.15. The van der Waals surface area contributed by atoms with Crippen molar-refractivity contribution in [2.24, 2.45) is 0 Å². The van der Waals surface area contributed by atoms with Crippen LogP contribution in [0.4, 0.5) is 5.82 Å². The maximum atomic E-state index is 6.15. The average molecular weight is 347 g/mol. The summed E-state index contributed by atoms with van der Waals surface area (Å²) in [5.74, 6) is 1.47. The molecule has 0 radical (unpaired) electrons. The number of ether oxygens (including phenoxy) is 1. The van der Waals surface area contributed by atoms with E-state index in [4.69, 9.17) is 10.5 Å². The molecule has 0 bridgehead atoms. The summed E-state index contributed by atoms with van der Waals surface area (Å²) in [6, 6.07) is 18.2. The number of piperidine rings is 1. The number of pyridine rings is 1. The average Bonchev–Trinajstić information content (AvgIpc) is 2.69. The van der Waals surface area contributed by atoms with E-state index in [1.54, 1.807) is 0 Å². The molecule has 1 fully saturated rings. The van der Waals surface area contributed by atoms with Crippen molar-refractivity contribution in [2.45, 2.75) is 19.3 Å². The second-order valence-corrected chi connectivity index (χ2v) is 6.86. The number of fused-ring (bicyclic) bond motifs is 1. The van der Waals surface area contributed by atoms with E-state index in [0.717, 1.165) is 40.9 Å². The first-order valence-electron chi connectivity index (χ1n) is 9.41. The highest BCUT2D eigenvalue weighted by atomic mass is 16.5. The molecule has 134 valence electrons. The van der Waals surface area contributed by atoms with Gasteiger partial charge in [-0.15, -0.1) is 0 Å². The first-order valence-corrected chi connectivity index (χ1v) is 9.41. The molecule has 0 amide bonds. The highest BCUT2D eigenvalue weighted by Gasteiger charge is 2.12. The van der Waals surface area contributed by atoms with Crippen molar-refractivity contribution in [1.29, 1.82) is 0 Å². The van der Waals surface area contributed by atoms with Crippen molar-refractivity contribution in [1.82, 2.24) is 9.88 Å². The van der Waals surface area contributed by atoms with Crippen LogP contribution in [-0.4, -0.2) is 36.1 Å². The fraction of sp³-hybridized carbons (Fsp3) is 0.318. The van der Waals surface area contributed by atoms with Gasteiger partial charge in [0.25, 0.3) is 0 Å². The smallest absolute Gasteiger partial charge is 0.127 e. The highest BCUT2D eigenvalue weighted by Crippen LogP contribution is 2.34. The van der Waals surface area contributed by atoms with E-state index in [1.165, 1.54) is 32.4 Å². The van der Waals surface area contributed by atoms with Crippen LogP contribution in [0.2, 0.25) is 0 Å². The molecule has 0 saturated carbocycles. The summed E-state index contributed by atoms with van der Waals surface area (Å²) in [7, 11) is 0. The Balaban J connectivity index is 1.58. The van der Waals surface area contributed by atoms with Crippen molar-refractivity contribution in [3.63, 3.8) is 0 Å². The minimum absolute atomic E-state index is 0.536. The molecule has 1 aromatic heterocycles. The second kappa shape index (κ2) is 7.75. The van der Waals surface area contributed by atoms with Crippen molar-refractivity contribution < 1.29 is 4.74 Å². The lowest BCUT2D eigenvalue weighted by Crippen LogP contribution is -2.33. The molecular weight excluding hydrogens is 322 g/mol. The van der Waals surface area contributed by atoms with E-state index in [0.29, 0.717) is 5.82 Å². The molecule has 2 aromatic carbocycles. The van der Waals surface area contributed by atoms with Gasteiger partial charge < -0.3 is 10.5 Å². The maximum Gasteiger partial charge on any atom is 0.127 e. The Morgan fingerprint density at radius 2 is 1.69 bits per heavy atom. The van der Waals surface area contributed by atoms with Crippen molar-refractivity contribution >= 4 is 16.6 Å². The van der Waals surface area contributed by atoms with Crippen LogP contribution in [0.1, 0.15) is 19.3 Å². The van der Waals surface area contributed by atoms with E-state index < -0.39 is 0 Å². The van der Waals surface area contributed by atoms with Gasteiger partial charge in [0.15, 0.2) is 0 Å². The topological polar surface area (TPSA) is 51.4 Å². The van der Waals surface area contributed by atoms with Crippen LogP contribution in [0.5, 0.6) is 5.75 Å². The number of nitrogen functional groups attached to an aromatic ring is 1. The lowest BCUT2D eigenvalue weighted by molar-refractivity contribution is 0.184. The molecule has 2 N–H and O–H groups in total. The number of benzene rings is 2. The number of nitrogens with zero attached hydrogens (tertiary/aromatic N) is 2. The lowest BCUT2D eigenvalue weighted by Gasteiger charge is -2.26. The van der Waals surface area contributed by atoms with E-state index in [9.17, 15) is 0 Å². The van der Waals surface area contributed by atoms with Gasteiger partial charge in [0, 0.05) is 17.5 Å². The second-order valence-electron chi connectivity index (χ2n) is 6.86. The molecule has 4 nitrogen and oxygen atoms in total. The Labute approximate surface area is 154 Å². The van der Waals surface area contributed by atoms with Gasteiger partial charge in [0.05, 0.1) is 5.69 Å². The Morgan fingerprint density at radius 1 is 0.885 bits per heavy atom. The maximum absolute atomic E-state index is 6.15. The number of hydrogen-bond acceptors (Lipinski definition) is 4. The third-order valence-electron chi connectivity index (χ3n) is 5.04. The van der Waals surface area contributed by atoms with Crippen LogP contribution in [0.25, 0.3) is 22.0 Å². The Bertz CT molecular complexity index is 887. The Morgan fingerprint density at radius 3 is 2.50 bits per heavy atom. The molecule has 0 atom stereocenters. The summed E-state index contributed by atoms with van der Waals surface area (Å²) in [6.07, 6.45) is 3.98. The normalized spacial score (nSPS) is 15.2.